The third-order valence-electron chi connectivity index (χ3n) is 4.93. The Hall–Kier alpha value is -2.12. The van der Waals surface area contributed by atoms with Gasteiger partial charge in [-0.3, -0.25) is 19.3 Å². The predicted octanol–water partition coefficient (Wildman–Crippen LogP) is 2.01. The summed E-state index contributed by atoms with van der Waals surface area (Å²) in [5, 5.41) is 9.39. The molecule has 2 rings (SSSR count). The molecule has 3 N–H and O–H groups in total. The molecule has 1 fully saturated rings. The summed E-state index contributed by atoms with van der Waals surface area (Å²) >= 11 is 5.93. The van der Waals surface area contributed by atoms with Crippen LogP contribution in [0.5, 0.6) is 0 Å². The first-order chi connectivity index (χ1) is 13.9. The van der Waals surface area contributed by atoms with Crippen molar-refractivity contribution in [2.75, 3.05) is 26.2 Å². The number of likely N-dealkylation sites (tertiary alicyclic amines) is 1. The van der Waals surface area contributed by atoms with Gasteiger partial charge in [-0.1, -0.05) is 30.7 Å². The van der Waals surface area contributed by atoms with Gasteiger partial charge < -0.3 is 16.0 Å². The highest BCUT2D eigenvalue weighted by molar-refractivity contribution is 6.30. The maximum absolute atomic E-state index is 12.6. The molecule has 1 unspecified atom stereocenters. The van der Waals surface area contributed by atoms with Crippen LogP contribution in [0.4, 0.5) is 0 Å². The van der Waals surface area contributed by atoms with Crippen molar-refractivity contribution in [3.63, 3.8) is 0 Å². The topological polar surface area (TPSA) is 90.5 Å². The molecule has 1 aliphatic rings. The van der Waals surface area contributed by atoms with Crippen molar-refractivity contribution in [1.82, 2.24) is 20.9 Å². The molecule has 0 aromatic heterocycles. The minimum absolute atomic E-state index is 0.0513. The Labute approximate surface area is 177 Å². The molecule has 1 aliphatic heterocycles. The molecule has 8 heteroatoms. The van der Waals surface area contributed by atoms with E-state index in [4.69, 9.17) is 11.6 Å². The number of benzene rings is 1. The molecule has 7 nitrogen and oxygen atoms in total. The summed E-state index contributed by atoms with van der Waals surface area (Å²) in [6.07, 6.45) is 2.70. The number of hydrogen-bond acceptors (Lipinski definition) is 4. The van der Waals surface area contributed by atoms with Crippen LogP contribution >= 0.6 is 11.6 Å². The Kier molecular flexibility index (Phi) is 9.41. The molecule has 1 atom stereocenters. The minimum Gasteiger partial charge on any atom is -0.355 e. The van der Waals surface area contributed by atoms with Crippen molar-refractivity contribution in [2.24, 2.45) is 0 Å². The number of nitrogens with zero attached hydrogens (tertiary/aromatic N) is 1. The van der Waals surface area contributed by atoms with Gasteiger partial charge in [-0.25, -0.2) is 0 Å². The lowest BCUT2D eigenvalue weighted by Gasteiger charge is -2.32. The van der Waals surface area contributed by atoms with Crippen LogP contribution in [0.25, 0.3) is 0 Å². The maximum atomic E-state index is 12.6. The SMILES string of the molecule is CCCNC(=O)CN1CCC(NC(=O)CC(NC(C)=O)c2ccc(Cl)cc2)CC1. The summed E-state index contributed by atoms with van der Waals surface area (Å²) < 4.78 is 0. The number of rotatable bonds is 9. The van der Waals surface area contributed by atoms with Crippen LogP contribution in [0, 0.1) is 0 Å². The lowest BCUT2D eigenvalue weighted by Crippen LogP contribution is -2.47. The zero-order valence-electron chi connectivity index (χ0n) is 17.2. The van der Waals surface area contributed by atoms with E-state index in [1.165, 1.54) is 6.92 Å². The summed E-state index contributed by atoms with van der Waals surface area (Å²) in [4.78, 5) is 38.0. The Balaban J connectivity index is 1.81. The number of halogens is 1. The molecule has 160 valence electrons. The Bertz CT molecular complexity index is 688. The van der Waals surface area contributed by atoms with E-state index in [0.29, 0.717) is 18.1 Å². The molecular formula is C21H31ClN4O3. The lowest BCUT2D eigenvalue weighted by molar-refractivity contribution is -0.125. The zero-order valence-corrected chi connectivity index (χ0v) is 17.9. The molecule has 29 heavy (non-hydrogen) atoms. The largest absolute Gasteiger partial charge is 0.355 e. The number of piperidine rings is 1. The van der Waals surface area contributed by atoms with Crippen LogP contribution in [0.15, 0.2) is 24.3 Å². The quantitative estimate of drug-likeness (QED) is 0.567. The van der Waals surface area contributed by atoms with Crippen LogP contribution in [0.1, 0.15) is 51.1 Å². The first-order valence-electron chi connectivity index (χ1n) is 10.2. The Morgan fingerprint density at radius 1 is 1.14 bits per heavy atom. The average molecular weight is 423 g/mol. The average Bonchev–Trinajstić information content (AvgIpc) is 2.67. The third-order valence-corrected chi connectivity index (χ3v) is 5.18. The summed E-state index contributed by atoms with van der Waals surface area (Å²) in [5.74, 6) is -0.235. The third kappa shape index (κ3) is 8.41. The van der Waals surface area contributed by atoms with Crippen molar-refractivity contribution in [1.29, 1.82) is 0 Å². The molecular weight excluding hydrogens is 392 g/mol. The van der Waals surface area contributed by atoms with Gasteiger partial charge in [-0.2, -0.15) is 0 Å². The highest BCUT2D eigenvalue weighted by Gasteiger charge is 2.24. The van der Waals surface area contributed by atoms with E-state index in [0.717, 1.165) is 37.9 Å². The second-order valence-corrected chi connectivity index (χ2v) is 7.91. The summed E-state index contributed by atoms with van der Waals surface area (Å²) in [7, 11) is 0. The van der Waals surface area contributed by atoms with E-state index >= 15 is 0 Å². The first-order valence-corrected chi connectivity index (χ1v) is 10.6. The monoisotopic (exact) mass is 422 g/mol. The fraction of sp³-hybridized carbons (Fsp3) is 0.571. The number of carbonyl (C=O) groups is 3. The van der Waals surface area contributed by atoms with Crippen LogP contribution < -0.4 is 16.0 Å². The van der Waals surface area contributed by atoms with E-state index in [9.17, 15) is 14.4 Å². The fourth-order valence-corrected chi connectivity index (χ4v) is 3.55. The molecule has 1 saturated heterocycles. The number of nitrogens with one attached hydrogen (secondary N) is 3. The molecule has 1 aromatic rings. The molecule has 0 bridgehead atoms. The van der Waals surface area contributed by atoms with E-state index in [2.05, 4.69) is 20.9 Å². The van der Waals surface area contributed by atoms with E-state index < -0.39 is 6.04 Å². The van der Waals surface area contributed by atoms with Gasteiger partial charge in [0.25, 0.3) is 0 Å². The van der Waals surface area contributed by atoms with Gasteiger partial charge in [-0.05, 0) is 37.0 Å². The number of amides is 3. The highest BCUT2D eigenvalue weighted by atomic mass is 35.5. The fourth-order valence-electron chi connectivity index (χ4n) is 3.42. The normalized spacial score (nSPS) is 16.1. The van der Waals surface area contributed by atoms with E-state index in [1.807, 2.05) is 19.1 Å². The Morgan fingerprint density at radius 3 is 2.38 bits per heavy atom. The van der Waals surface area contributed by atoms with E-state index in [-0.39, 0.29) is 30.2 Å². The molecule has 1 heterocycles. The highest BCUT2D eigenvalue weighted by Crippen LogP contribution is 2.20. The summed E-state index contributed by atoms with van der Waals surface area (Å²) in [6.45, 7) is 6.12. The van der Waals surface area contributed by atoms with Gasteiger partial charge in [0.1, 0.15) is 0 Å². The smallest absolute Gasteiger partial charge is 0.234 e. The van der Waals surface area contributed by atoms with Crippen molar-refractivity contribution < 1.29 is 14.4 Å². The lowest BCUT2D eigenvalue weighted by atomic mass is 10.0. The standard InChI is InChI=1S/C21H31ClN4O3/c1-3-10-23-21(29)14-26-11-8-18(9-12-26)25-20(28)13-19(24-15(2)27)16-4-6-17(22)7-5-16/h4-7,18-19H,3,8-14H2,1-2H3,(H,23,29)(H,24,27)(H,25,28). The van der Waals surface area contributed by atoms with Crippen molar-refractivity contribution in [3.8, 4) is 0 Å². The molecule has 1 aromatic carbocycles. The first kappa shape index (κ1) is 23.2. The Morgan fingerprint density at radius 2 is 1.79 bits per heavy atom. The molecule has 0 saturated carbocycles. The van der Waals surface area contributed by atoms with Gasteiger partial charge in [-0.15, -0.1) is 0 Å². The van der Waals surface area contributed by atoms with Crippen LogP contribution in [0.2, 0.25) is 5.02 Å². The van der Waals surface area contributed by atoms with Crippen LogP contribution in [-0.2, 0) is 14.4 Å². The van der Waals surface area contributed by atoms with Gasteiger partial charge >= 0.3 is 0 Å². The van der Waals surface area contributed by atoms with Crippen molar-refractivity contribution >= 4 is 29.3 Å². The summed E-state index contributed by atoms with van der Waals surface area (Å²) in [5.41, 5.74) is 0.840. The number of hydrogen-bond donors (Lipinski definition) is 3. The molecule has 0 spiro atoms. The predicted molar refractivity (Wildman–Crippen MR) is 114 cm³/mol. The van der Waals surface area contributed by atoms with E-state index in [1.54, 1.807) is 12.1 Å². The molecule has 3 amide bonds. The minimum atomic E-state index is -0.396. The second kappa shape index (κ2) is 11.8. The summed E-state index contributed by atoms with van der Waals surface area (Å²) in [6, 6.07) is 6.82. The van der Waals surface area contributed by atoms with Crippen molar-refractivity contribution in [3.05, 3.63) is 34.9 Å². The van der Waals surface area contributed by atoms with Crippen LogP contribution in [-0.4, -0.2) is 54.8 Å². The van der Waals surface area contributed by atoms with Gasteiger partial charge in [0.15, 0.2) is 0 Å². The molecule has 0 radical (unpaired) electrons. The van der Waals surface area contributed by atoms with Gasteiger partial charge in [0, 0.05) is 37.6 Å². The van der Waals surface area contributed by atoms with Crippen LogP contribution in [0.3, 0.4) is 0 Å². The van der Waals surface area contributed by atoms with Gasteiger partial charge in [0.05, 0.1) is 19.0 Å². The zero-order chi connectivity index (χ0) is 21.2. The number of carbonyl (C=O) groups excluding carboxylic acids is 3. The molecule has 0 aliphatic carbocycles. The second-order valence-electron chi connectivity index (χ2n) is 7.48. The maximum Gasteiger partial charge on any atom is 0.234 e. The van der Waals surface area contributed by atoms with Crippen molar-refractivity contribution in [2.45, 2.75) is 51.6 Å². The van der Waals surface area contributed by atoms with Gasteiger partial charge in [0.2, 0.25) is 17.7 Å².